The maximum Gasteiger partial charge on any atom is 0.0335 e. The normalized spacial score (nSPS) is 43.0. The Bertz CT molecular complexity index is 293. The lowest BCUT2D eigenvalue weighted by atomic mass is 9.93. The molecule has 0 aromatic rings. The highest BCUT2D eigenvalue weighted by Crippen LogP contribution is 2.39. The smallest absolute Gasteiger partial charge is 0.0335 e. The van der Waals surface area contributed by atoms with Crippen LogP contribution in [0.25, 0.3) is 0 Å². The second-order valence-corrected chi connectivity index (χ2v) is 6.91. The van der Waals surface area contributed by atoms with Crippen LogP contribution in [0.4, 0.5) is 0 Å². The average molecular weight is 251 g/mol. The van der Waals surface area contributed by atoms with Crippen molar-refractivity contribution in [1.82, 2.24) is 9.80 Å². The predicted molar refractivity (Wildman–Crippen MR) is 75.6 cm³/mol. The van der Waals surface area contributed by atoms with Crippen LogP contribution in [-0.2, 0) is 0 Å². The van der Waals surface area contributed by atoms with Crippen LogP contribution >= 0.6 is 0 Å². The molecule has 3 fully saturated rings. The monoisotopic (exact) mass is 251 g/mol. The second kappa shape index (κ2) is 5.10. The van der Waals surface area contributed by atoms with Crippen molar-refractivity contribution >= 4 is 0 Å². The van der Waals surface area contributed by atoms with E-state index in [1.54, 1.807) is 0 Å². The molecular weight excluding hydrogens is 222 g/mol. The topological polar surface area (TPSA) is 32.5 Å². The number of nitrogens with two attached hydrogens (primary N) is 1. The molecule has 0 radical (unpaired) electrons. The molecule has 1 aliphatic carbocycles. The lowest BCUT2D eigenvalue weighted by molar-refractivity contribution is 0.0864. The summed E-state index contributed by atoms with van der Waals surface area (Å²) in [6.45, 7) is 8.48. The Labute approximate surface area is 112 Å². The zero-order chi connectivity index (χ0) is 12.6. The molecule has 0 spiro atoms. The summed E-state index contributed by atoms with van der Waals surface area (Å²) in [7, 11) is 0. The summed E-state index contributed by atoms with van der Waals surface area (Å²) in [5.41, 5.74) is 6.54. The zero-order valence-electron chi connectivity index (χ0n) is 11.9. The maximum absolute atomic E-state index is 6.19. The largest absolute Gasteiger partial charge is 0.329 e. The van der Waals surface area contributed by atoms with Crippen molar-refractivity contribution in [3.63, 3.8) is 0 Å². The molecule has 2 heterocycles. The number of fused-ring (bicyclic) bond motifs is 1. The molecule has 3 atom stereocenters. The second-order valence-electron chi connectivity index (χ2n) is 6.91. The third-order valence-electron chi connectivity index (χ3n) is 5.69. The highest BCUT2D eigenvalue weighted by Gasteiger charge is 2.43. The molecule has 2 N–H and O–H groups in total. The van der Waals surface area contributed by atoms with E-state index < -0.39 is 0 Å². The minimum atomic E-state index is 0.345. The molecule has 0 bridgehead atoms. The molecular formula is C15H29N3. The zero-order valence-corrected chi connectivity index (χ0v) is 11.9. The summed E-state index contributed by atoms with van der Waals surface area (Å²) in [4.78, 5) is 5.51. The van der Waals surface area contributed by atoms with Crippen molar-refractivity contribution in [1.29, 1.82) is 0 Å². The number of hydrogen-bond donors (Lipinski definition) is 1. The first-order valence-corrected chi connectivity index (χ1v) is 7.93. The van der Waals surface area contributed by atoms with Gasteiger partial charge in [-0.2, -0.15) is 0 Å². The van der Waals surface area contributed by atoms with Gasteiger partial charge in [-0.25, -0.2) is 0 Å². The molecule has 2 saturated heterocycles. The van der Waals surface area contributed by atoms with Gasteiger partial charge in [-0.05, 0) is 57.5 Å². The number of hydrogen-bond acceptors (Lipinski definition) is 3. The fourth-order valence-electron chi connectivity index (χ4n) is 4.61. The van der Waals surface area contributed by atoms with Crippen molar-refractivity contribution in [2.24, 2.45) is 11.7 Å². The third-order valence-corrected chi connectivity index (χ3v) is 5.69. The van der Waals surface area contributed by atoms with Gasteiger partial charge in [-0.15, -0.1) is 0 Å². The molecule has 3 rings (SSSR count). The summed E-state index contributed by atoms with van der Waals surface area (Å²) < 4.78 is 0. The van der Waals surface area contributed by atoms with E-state index >= 15 is 0 Å². The first-order chi connectivity index (χ1) is 8.73. The third kappa shape index (κ3) is 2.21. The van der Waals surface area contributed by atoms with Crippen LogP contribution in [0.2, 0.25) is 0 Å². The molecule has 104 valence electrons. The lowest BCUT2D eigenvalue weighted by Crippen LogP contribution is -2.54. The summed E-state index contributed by atoms with van der Waals surface area (Å²) in [5.74, 6) is 0.872. The Hall–Kier alpha value is -0.120. The maximum atomic E-state index is 6.19. The molecule has 0 aromatic heterocycles. The van der Waals surface area contributed by atoms with E-state index in [2.05, 4.69) is 16.7 Å². The van der Waals surface area contributed by atoms with Gasteiger partial charge in [-0.3, -0.25) is 9.80 Å². The minimum Gasteiger partial charge on any atom is -0.329 e. The van der Waals surface area contributed by atoms with Crippen LogP contribution < -0.4 is 5.73 Å². The van der Waals surface area contributed by atoms with Crippen LogP contribution in [0.5, 0.6) is 0 Å². The fourth-order valence-corrected chi connectivity index (χ4v) is 4.61. The highest BCUT2D eigenvalue weighted by atomic mass is 15.3. The van der Waals surface area contributed by atoms with Gasteiger partial charge < -0.3 is 5.73 Å². The van der Waals surface area contributed by atoms with Crippen LogP contribution in [-0.4, -0.2) is 54.1 Å². The Balaban J connectivity index is 1.74. The van der Waals surface area contributed by atoms with Gasteiger partial charge in [0.2, 0.25) is 0 Å². The van der Waals surface area contributed by atoms with Gasteiger partial charge in [0.15, 0.2) is 0 Å². The predicted octanol–water partition coefficient (Wildman–Crippen LogP) is 1.67. The van der Waals surface area contributed by atoms with Gasteiger partial charge in [0.1, 0.15) is 0 Å². The molecule has 3 nitrogen and oxygen atoms in total. The highest BCUT2D eigenvalue weighted by molar-refractivity contribution is 5.00. The lowest BCUT2D eigenvalue weighted by Gasteiger charge is -2.41. The summed E-state index contributed by atoms with van der Waals surface area (Å²) in [5, 5.41) is 0. The minimum absolute atomic E-state index is 0.345. The molecule has 3 heteroatoms. The first-order valence-electron chi connectivity index (χ1n) is 7.93. The number of rotatable bonds is 2. The van der Waals surface area contributed by atoms with Crippen LogP contribution in [0, 0.1) is 5.92 Å². The Morgan fingerprint density at radius 1 is 1.17 bits per heavy atom. The van der Waals surface area contributed by atoms with Gasteiger partial charge in [0, 0.05) is 31.2 Å². The molecule has 3 aliphatic rings. The molecule has 18 heavy (non-hydrogen) atoms. The van der Waals surface area contributed by atoms with Crippen molar-refractivity contribution in [2.45, 2.75) is 57.0 Å². The van der Waals surface area contributed by atoms with E-state index in [1.807, 2.05) is 0 Å². The van der Waals surface area contributed by atoms with Gasteiger partial charge in [-0.1, -0.05) is 6.92 Å². The molecule has 0 amide bonds. The van der Waals surface area contributed by atoms with E-state index in [1.165, 1.54) is 64.7 Å². The average Bonchev–Trinajstić information content (AvgIpc) is 2.92. The van der Waals surface area contributed by atoms with Gasteiger partial charge in [0.25, 0.3) is 0 Å². The van der Waals surface area contributed by atoms with E-state index in [4.69, 9.17) is 5.73 Å². The Morgan fingerprint density at radius 2 is 2.00 bits per heavy atom. The molecule has 0 aromatic carbocycles. The van der Waals surface area contributed by atoms with Gasteiger partial charge in [0.05, 0.1) is 0 Å². The van der Waals surface area contributed by atoms with Crippen molar-refractivity contribution in [3.05, 3.63) is 0 Å². The van der Waals surface area contributed by atoms with E-state index in [0.717, 1.165) is 18.5 Å². The molecule has 3 unspecified atom stereocenters. The number of nitrogens with zero attached hydrogens (tertiary/aromatic N) is 2. The standard InChI is InChI=1S/C15H29N3/c1-13-5-6-15(10-13,12-16)18-9-3-8-17-7-2-4-14(17)11-18/h13-14H,2-12,16H2,1H3. The quantitative estimate of drug-likeness (QED) is 0.810. The van der Waals surface area contributed by atoms with Crippen molar-refractivity contribution < 1.29 is 0 Å². The van der Waals surface area contributed by atoms with Crippen molar-refractivity contribution in [2.75, 3.05) is 32.7 Å². The van der Waals surface area contributed by atoms with Gasteiger partial charge >= 0.3 is 0 Å². The van der Waals surface area contributed by atoms with E-state index in [9.17, 15) is 0 Å². The van der Waals surface area contributed by atoms with E-state index in [0.29, 0.717) is 5.54 Å². The Kier molecular flexibility index (Phi) is 3.65. The summed E-state index contributed by atoms with van der Waals surface area (Å²) >= 11 is 0. The van der Waals surface area contributed by atoms with Crippen molar-refractivity contribution in [3.8, 4) is 0 Å². The van der Waals surface area contributed by atoms with E-state index in [-0.39, 0.29) is 0 Å². The molecule has 1 saturated carbocycles. The van der Waals surface area contributed by atoms with Crippen LogP contribution in [0.1, 0.15) is 45.4 Å². The van der Waals surface area contributed by atoms with Crippen LogP contribution in [0.15, 0.2) is 0 Å². The molecule has 2 aliphatic heterocycles. The Morgan fingerprint density at radius 3 is 2.72 bits per heavy atom. The summed E-state index contributed by atoms with van der Waals surface area (Å²) in [6.07, 6.45) is 8.19. The fraction of sp³-hybridized carbons (Fsp3) is 1.00. The summed E-state index contributed by atoms with van der Waals surface area (Å²) in [6, 6.07) is 0.826. The SMILES string of the molecule is CC1CCC(CN)(N2CCCN3CCCC3C2)C1. The first kappa shape index (κ1) is 12.9. The van der Waals surface area contributed by atoms with Crippen LogP contribution in [0.3, 0.4) is 0 Å².